The smallest absolute Gasteiger partial charge is 0.165 e. The Morgan fingerprint density at radius 2 is 2.14 bits per heavy atom. The molecular weight excluding hydrogens is 278 g/mol. The van der Waals surface area contributed by atoms with Crippen LogP contribution < -0.4 is 4.74 Å². The number of rotatable bonds is 2. The number of likely N-dealkylation sites (N-methyl/N-ethyl adjacent to an activating group) is 1. The summed E-state index contributed by atoms with van der Waals surface area (Å²) in [5.74, 6) is 1.04. The summed E-state index contributed by atoms with van der Waals surface area (Å²) >= 11 is 0. The molecule has 1 aromatic rings. The Morgan fingerprint density at radius 3 is 2.86 bits per heavy atom. The highest BCUT2D eigenvalue weighted by Crippen LogP contribution is 2.59. The summed E-state index contributed by atoms with van der Waals surface area (Å²) in [6, 6.07) is 4.12. The van der Waals surface area contributed by atoms with E-state index in [1.165, 1.54) is 5.56 Å². The van der Waals surface area contributed by atoms with Crippen LogP contribution in [0.1, 0.15) is 25.0 Å². The van der Waals surface area contributed by atoms with E-state index in [1.807, 2.05) is 12.1 Å². The summed E-state index contributed by atoms with van der Waals surface area (Å²) < 4.78 is 6.04. The highest BCUT2D eigenvalue weighted by molar-refractivity contribution is 5.60. The summed E-state index contributed by atoms with van der Waals surface area (Å²) in [6.45, 7) is 5.34. The third-order valence-corrected chi connectivity index (χ3v) is 6.02. The molecular formula is C18H23NO3. The lowest BCUT2D eigenvalue weighted by Crippen LogP contribution is -2.59. The quantitative estimate of drug-likeness (QED) is 0.818. The van der Waals surface area contributed by atoms with Gasteiger partial charge >= 0.3 is 0 Å². The van der Waals surface area contributed by atoms with E-state index in [0.717, 1.165) is 18.5 Å². The van der Waals surface area contributed by atoms with Gasteiger partial charge in [-0.05, 0) is 31.6 Å². The molecule has 5 atom stereocenters. The standard InChI is InChI=1S/C18H23NO3/c1-4-19(3)12-9-10-5-7-13(20)16-15(10)18(2)11(12)6-8-14(21)17(18)22-16/h5-8,11-12,14,17,20-21H,4,9H2,1-3H3/t11-,12?,14-,17-,18-/m0/s1. The second-order valence-electron chi connectivity index (χ2n) is 7.02. The van der Waals surface area contributed by atoms with Gasteiger partial charge in [0.25, 0.3) is 0 Å². The first-order valence-corrected chi connectivity index (χ1v) is 8.07. The number of hydrogen-bond donors (Lipinski definition) is 2. The minimum atomic E-state index is -0.633. The van der Waals surface area contributed by atoms with Gasteiger partial charge in [0.2, 0.25) is 0 Å². The van der Waals surface area contributed by atoms with Gasteiger partial charge < -0.3 is 19.8 Å². The number of phenols is 1. The Morgan fingerprint density at radius 1 is 1.36 bits per heavy atom. The molecule has 0 bridgehead atoms. The predicted octanol–water partition coefficient (Wildman–Crippen LogP) is 1.83. The van der Waals surface area contributed by atoms with Gasteiger partial charge in [-0.2, -0.15) is 0 Å². The van der Waals surface area contributed by atoms with Crippen molar-refractivity contribution < 1.29 is 14.9 Å². The average molecular weight is 301 g/mol. The van der Waals surface area contributed by atoms with Crippen LogP contribution in [0.5, 0.6) is 11.5 Å². The molecule has 0 radical (unpaired) electrons. The number of aliphatic hydroxyl groups excluding tert-OH is 1. The van der Waals surface area contributed by atoms with Gasteiger partial charge in [0.1, 0.15) is 12.2 Å². The van der Waals surface area contributed by atoms with E-state index in [4.69, 9.17) is 4.74 Å². The SMILES string of the molecule is CCN(C)C1Cc2ccc(O)c3c2[C@]2(C)[C@H]1C=C[C@H](O)[C@@H]2O3. The number of aromatic hydroxyl groups is 1. The monoisotopic (exact) mass is 301 g/mol. The predicted molar refractivity (Wildman–Crippen MR) is 84.3 cm³/mol. The molecule has 4 nitrogen and oxygen atoms in total. The third-order valence-electron chi connectivity index (χ3n) is 6.02. The van der Waals surface area contributed by atoms with Gasteiger partial charge in [-0.15, -0.1) is 0 Å². The Kier molecular flexibility index (Phi) is 2.88. The lowest BCUT2D eigenvalue weighted by Gasteiger charge is -2.50. The van der Waals surface area contributed by atoms with Gasteiger partial charge in [-0.25, -0.2) is 0 Å². The van der Waals surface area contributed by atoms with E-state index in [9.17, 15) is 10.2 Å². The van der Waals surface area contributed by atoms with Crippen LogP contribution in [0.15, 0.2) is 24.3 Å². The van der Waals surface area contributed by atoms with Crippen LogP contribution in [0.3, 0.4) is 0 Å². The fraction of sp³-hybridized carbons (Fsp3) is 0.556. The second kappa shape index (κ2) is 4.49. The molecule has 0 amide bonds. The van der Waals surface area contributed by atoms with Gasteiger partial charge in [0.15, 0.2) is 11.5 Å². The highest BCUT2D eigenvalue weighted by Gasteiger charge is 2.60. The van der Waals surface area contributed by atoms with Gasteiger partial charge in [-0.3, -0.25) is 0 Å². The number of nitrogens with zero attached hydrogens (tertiary/aromatic N) is 1. The van der Waals surface area contributed by atoms with E-state index in [-0.39, 0.29) is 23.2 Å². The van der Waals surface area contributed by atoms with Crippen molar-refractivity contribution in [1.82, 2.24) is 4.90 Å². The zero-order valence-electron chi connectivity index (χ0n) is 13.3. The molecule has 1 aliphatic heterocycles. The van der Waals surface area contributed by atoms with E-state index in [2.05, 4.69) is 31.9 Å². The molecule has 0 fully saturated rings. The zero-order chi connectivity index (χ0) is 15.6. The number of ether oxygens (including phenoxy) is 1. The molecule has 2 aliphatic carbocycles. The first-order chi connectivity index (χ1) is 10.5. The average Bonchev–Trinajstić information content (AvgIpc) is 2.83. The first kappa shape index (κ1) is 14.1. The fourth-order valence-electron chi connectivity index (χ4n) is 4.74. The highest BCUT2D eigenvalue weighted by atomic mass is 16.5. The minimum absolute atomic E-state index is 0.183. The Labute approximate surface area is 131 Å². The molecule has 2 N–H and O–H groups in total. The topological polar surface area (TPSA) is 52.9 Å². The van der Waals surface area contributed by atoms with Crippen molar-refractivity contribution in [2.75, 3.05) is 13.6 Å². The molecule has 1 unspecified atom stereocenters. The van der Waals surface area contributed by atoms with Crippen molar-refractivity contribution in [3.05, 3.63) is 35.4 Å². The lowest BCUT2D eigenvalue weighted by molar-refractivity contribution is -0.00728. The largest absolute Gasteiger partial charge is 0.504 e. The molecule has 0 aromatic heterocycles. The van der Waals surface area contributed by atoms with Crippen molar-refractivity contribution in [2.24, 2.45) is 5.92 Å². The summed E-state index contributed by atoms with van der Waals surface area (Å²) in [5, 5.41) is 20.6. The Bertz CT molecular complexity index is 656. The molecule has 22 heavy (non-hydrogen) atoms. The van der Waals surface area contributed by atoms with Crippen LogP contribution in [-0.4, -0.2) is 47.0 Å². The van der Waals surface area contributed by atoms with Crippen LogP contribution >= 0.6 is 0 Å². The second-order valence-corrected chi connectivity index (χ2v) is 7.02. The Balaban J connectivity index is 1.95. The lowest BCUT2D eigenvalue weighted by atomic mass is 9.57. The zero-order valence-corrected chi connectivity index (χ0v) is 13.3. The molecule has 4 heteroatoms. The summed E-state index contributed by atoms with van der Waals surface area (Å²) in [5.41, 5.74) is 2.05. The third kappa shape index (κ3) is 1.54. The molecule has 1 heterocycles. The van der Waals surface area contributed by atoms with Gasteiger partial charge in [-0.1, -0.05) is 32.1 Å². The van der Waals surface area contributed by atoms with Crippen LogP contribution in [0.2, 0.25) is 0 Å². The number of hydrogen-bond acceptors (Lipinski definition) is 4. The number of aliphatic hydroxyl groups is 1. The van der Waals surface area contributed by atoms with Gasteiger partial charge in [0, 0.05) is 22.9 Å². The maximum Gasteiger partial charge on any atom is 0.165 e. The van der Waals surface area contributed by atoms with Gasteiger partial charge in [0.05, 0.1) is 0 Å². The maximum atomic E-state index is 10.4. The fourth-order valence-corrected chi connectivity index (χ4v) is 4.74. The first-order valence-electron chi connectivity index (χ1n) is 8.07. The van der Waals surface area contributed by atoms with Crippen molar-refractivity contribution in [1.29, 1.82) is 0 Å². The van der Waals surface area contributed by atoms with Crippen molar-refractivity contribution in [2.45, 2.75) is 43.9 Å². The molecule has 0 saturated carbocycles. The molecule has 1 aromatic carbocycles. The Hall–Kier alpha value is -1.52. The molecule has 3 aliphatic rings. The molecule has 118 valence electrons. The number of phenolic OH excluding ortho intramolecular Hbond substituents is 1. The van der Waals surface area contributed by atoms with Crippen LogP contribution in [0, 0.1) is 5.92 Å². The maximum absolute atomic E-state index is 10.4. The van der Waals surface area contributed by atoms with E-state index in [0.29, 0.717) is 11.8 Å². The summed E-state index contributed by atoms with van der Waals surface area (Å²) in [7, 11) is 2.16. The van der Waals surface area contributed by atoms with Crippen LogP contribution in [0.4, 0.5) is 0 Å². The van der Waals surface area contributed by atoms with Crippen molar-refractivity contribution in [3.8, 4) is 11.5 Å². The molecule has 0 saturated heterocycles. The number of benzene rings is 1. The van der Waals surface area contributed by atoms with Crippen LogP contribution in [-0.2, 0) is 11.8 Å². The van der Waals surface area contributed by atoms with E-state index >= 15 is 0 Å². The summed E-state index contributed by atoms with van der Waals surface area (Å²) in [6.07, 6.45) is 4.01. The molecule has 4 rings (SSSR count). The van der Waals surface area contributed by atoms with E-state index in [1.54, 1.807) is 6.07 Å². The molecule has 0 spiro atoms. The van der Waals surface area contributed by atoms with Crippen LogP contribution in [0.25, 0.3) is 0 Å². The normalized spacial score (nSPS) is 38.0. The van der Waals surface area contributed by atoms with Crippen molar-refractivity contribution in [3.63, 3.8) is 0 Å². The van der Waals surface area contributed by atoms with Crippen molar-refractivity contribution >= 4 is 0 Å². The summed E-state index contributed by atoms with van der Waals surface area (Å²) in [4.78, 5) is 2.38. The van der Waals surface area contributed by atoms with E-state index < -0.39 is 6.10 Å². The minimum Gasteiger partial charge on any atom is -0.504 e.